The summed E-state index contributed by atoms with van der Waals surface area (Å²) in [4.78, 5) is 23.8. The van der Waals surface area contributed by atoms with Crippen LogP contribution < -0.4 is 5.32 Å². The van der Waals surface area contributed by atoms with Gasteiger partial charge in [0.05, 0.1) is 24.8 Å². The fourth-order valence-electron chi connectivity index (χ4n) is 3.95. The molecular weight excluding hydrogens is 410 g/mol. The standard InChI is InChI=1S/C19H24ClN5O2.CH2O2/c20-16-3-1-15(2-4-16)11-19(13-24(14-19)17-5-10-27-12-17)18(26)21-6-8-25-9-7-22-23-25;2-1-3/h1-4,7,9,17H,5-6,8,10-14H2,(H,21,26);1H,(H,2,3). The lowest BCUT2D eigenvalue weighted by Crippen LogP contribution is -2.66. The molecule has 2 fully saturated rings. The third-order valence-corrected chi connectivity index (χ3v) is 5.72. The van der Waals surface area contributed by atoms with Gasteiger partial charge in [0.1, 0.15) is 0 Å². The molecule has 1 atom stereocenters. The molecule has 0 radical (unpaired) electrons. The van der Waals surface area contributed by atoms with Gasteiger partial charge in [-0.15, -0.1) is 5.10 Å². The van der Waals surface area contributed by atoms with E-state index >= 15 is 0 Å². The molecule has 9 nitrogen and oxygen atoms in total. The van der Waals surface area contributed by atoms with Gasteiger partial charge in [0.15, 0.2) is 0 Å². The Hall–Kier alpha value is -2.49. The predicted octanol–water partition coefficient (Wildman–Crippen LogP) is 1.08. The zero-order valence-electron chi connectivity index (χ0n) is 16.6. The van der Waals surface area contributed by atoms with Crippen molar-refractivity contribution in [1.82, 2.24) is 25.2 Å². The maximum atomic E-state index is 13.1. The molecule has 0 spiro atoms. The van der Waals surface area contributed by atoms with Crippen molar-refractivity contribution >= 4 is 24.0 Å². The van der Waals surface area contributed by atoms with Gasteiger partial charge in [-0.2, -0.15) is 0 Å². The number of hydrogen-bond donors (Lipinski definition) is 2. The lowest BCUT2D eigenvalue weighted by Gasteiger charge is -2.51. The molecule has 0 saturated carbocycles. The zero-order chi connectivity index (χ0) is 21.4. The van der Waals surface area contributed by atoms with Crippen LogP contribution in [0.5, 0.6) is 0 Å². The number of ether oxygens (including phenoxy) is 1. The molecule has 0 bridgehead atoms. The van der Waals surface area contributed by atoms with E-state index in [9.17, 15) is 4.79 Å². The molecule has 3 heterocycles. The van der Waals surface area contributed by atoms with Gasteiger partial charge in [-0.05, 0) is 30.5 Å². The number of hydrogen-bond acceptors (Lipinski definition) is 6. The molecule has 2 saturated heterocycles. The first-order valence-electron chi connectivity index (χ1n) is 9.83. The highest BCUT2D eigenvalue weighted by Gasteiger charge is 2.51. The van der Waals surface area contributed by atoms with Crippen LogP contribution in [-0.4, -0.2) is 76.3 Å². The quantitative estimate of drug-likeness (QED) is 0.626. The monoisotopic (exact) mass is 435 g/mol. The third kappa shape index (κ3) is 5.56. The summed E-state index contributed by atoms with van der Waals surface area (Å²) in [5, 5.41) is 18.4. The summed E-state index contributed by atoms with van der Waals surface area (Å²) in [6.45, 7) is 4.01. The van der Waals surface area contributed by atoms with E-state index in [0.29, 0.717) is 30.6 Å². The number of rotatable bonds is 7. The minimum Gasteiger partial charge on any atom is -0.483 e. The van der Waals surface area contributed by atoms with Gasteiger partial charge in [-0.1, -0.05) is 28.9 Å². The van der Waals surface area contributed by atoms with Gasteiger partial charge in [0.25, 0.3) is 6.47 Å². The average Bonchev–Trinajstić information content (AvgIpc) is 3.40. The lowest BCUT2D eigenvalue weighted by molar-refractivity contribution is -0.144. The normalized spacial score (nSPS) is 20.0. The highest BCUT2D eigenvalue weighted by molar-refractivity contribution is 6.30. The van der Waals surface area contributed by atoms with Crippen molar-refractivity contribution in [1.29, 1.82) is 0 Å². The Morgan fingerprint density at radius 3 is 2.70 bits per heavy atom. The molecule has 2 aliphatic rings. The smallest absolute Gasteiger partial charge is 0.290 e. The van der Waals surface area contributed by atoms with Crippen LogP contribution in [-0.2, 0) is 27.3 Å². The molecule has 2 N–H and O–H groups in total. The Bertz CT molecular complexity index is 803. The topological polar surface area (TPSA) is 110 Å². The minimum atomic E-state index is -0.404. The van der Waals surface area contributed by atoms with Gasteiger partial charge in [-0.25, -0.2) is 0 Å². The summed E-state index contributed by atoms with van der Waals surface area (Å²) < 4.78 is 7.23. The van der Waals surface area contributed by atoms with E-state index in [-0.39, 0.29) is 12.4 Å². The first kappa shape index (κ1) is 22.2. The number of carbonyl (C=O) groups excluding carboxylic acids is 1. The van der Waals surface area contributed by atoms with Crippen molar-refractivity contribution in [2.75, 3.05) is 32.8 Å². The van der Waals surface area contributed by atoms with Crippen LogP contribution >= 0.6 is 11.6 Å². The van der Waals surface area contributed by atoms with E-state index in [2.05, 4.69) is 20.5 Å². The molecule has 10 heteroatoms. The van der Waals surface area contributed by atoms with Crippen molar-refractivity contribution in [3.8, 4) is 0 Å². The van der Waals surface area contributed by atoms with Crippen LogP contribution in [0.3, 0.4) is 0 Å². The predicted molar refractivity (Wildman–Crippen MR) is 110 cm³/mol. The summed E-state index contributed by atoms with van der Waals surface area (Å²) in [6, 6.07) is 8.22. The fraction of sp³-hybridized carbons (Fsp3) is 0.500. The summed E-state index contributed by atoms with van der Waals surface area (Å²) >= 11 is 6.01. The first-order valence-corrected chi connectivity index (χ1v) is 10.2. The van der Waals surface area contributed by atoms with Gasteiger partial charge >= 0.3 is 0 Å². The third-order valence-electron chi connectivity index (χ3n) is 5.47. The number of nitrogens with zero attached hydrogens (tertiary/aromatic N) is 4. The second kappa shape index (κ2) is 10.5. The van der Waals surface area contributed by atoms with Crippen LogP contribution in [0, 0.1) is 5.41 Å². The molecule has 2 aliphatic heterocycles. The largest absolute Gasteiger partial charge is 0.483 e. The number of carbonyl (C=O) groups is 2. The van der Waals surface area contributed by atoms with Gasteiger partial charge in [0.2, 0.25) is 5.91 Å². The molecule has 4 rings (SSSR count). The van der Waals surface area contributed by atoms with E-state index < -0.39 is 5.41 Å². The number of likely N-dealkylation sites (tertiary alicyclic amines) is 1. The van der Waals surface area contributed by atoms with E-state index in [0.717, 1.165) is 38.3 Å². The second-order valence-electron chi connectivity index (χ2n) is 7.53. The molecule has 30 heavy (non-hydrogen) atoms. The molecule has 1 aromatic carbocycles. The van der Waals surface area contributed by atoms with Crippen LogP contribution in [0.25, 0.3) is 0 Å². The van der Waals surface area contributed by atoms with Crippen LogP contribution in [0.4, 0.5) is 0 Å². The van der Waals surface area contributed by atoms with Crippen molar-refractivity contribution in [2.45, 2.75) is 25.4 Å². The Balaban J connectivity index is 0.000000806. The first-order chi connectivity index (χ1) is 14.6. The highest BCUT2D eigenvalue weighted by atomic mass is 35.5. The van der Waals surface area contributed by atoms with Crippen LogP contribution in [0.1, 0.15) is 12.0 Å². The number of aromatic nitrogens is 3. The van der Waals surface area contributed by atoms with E-state index in [1.807, 2.05) is 24.3 Å². The van der Waals surface area contributed by atoms with Crippen LogP contribution in [0.15, 0.2) is 36.7 Å². The number of halogens is 1. The van der Waals surface area contributed by atoms with Gasteiger partial charge in [-0.3, -0.25) is 19.2 Å². The maximum absolute atomic E-state index is 13.1. The van der Waals surface area contributed by atoms with Gasteiger partial charge in [0, 0.05) is 43.5 Å². The summed E-state index contributed by atoms with van der Waals surface area (Å²) in [6.07, 6.45) is 5.19. The molecular formula is C20H26ClN5O4. The molecule has 2 aromatic rings. The summed E-state index contributed by atoms with van der Waals surface area (Å²) in [5.74, 6) is 0.104. The Morgan fingerprint density at radius 1 is 1.37 bits per heavy atom. The Kier molecular flexibility index (Phi) is 7.78. The van der Waals surface area contributed by atoms with Crippen molar-refractivity contribution < 1.29 is 19.4 Å². The number of carboxylic acid groups (broad SMARTS) is 1. The maximum Gasteiger partial charge on any atom is 0.290 e. The SMILES string of the molecule is O=C(NCCn1ccnn1)C1(Cc2ccc(Cl)cc2)CN(C2CCOC2)C1.O=CO. The van der Waals surface area contributed by atoms with Crippen molar-refractivity contribution in [2.24, 2.45) is 5.41 Å². The molecule has 1 unspecified atom stereocenters. The number of benzene rings is 1. The van der Waals surface area contributed by atoms with Gasteiger partial charge < -0.3 is 15.2 Å². The van der Waals surface area contributed by atoms with Crippen molar-refractivity contribution in [3.63, 3.8) is 0 Å². The molecule has 162 valence electrons. The molecule has 1 amide bonds. The molecule has 1 aromatic heterocycles. The average molecular weight is 436 g/mol. The summed E-state index contributed by atoms with van der Waals surface area (Å²) in [7, 11) is 0. The number of nitrogens with one attached hydrogen (secondary N) is 1. The Labute approximate surface area is 180 Å². The lowest BCUT2D eigenvalue weighted by atomic mass is 9.73. The second-order valence-corrected chi connectivity index (χ2v) is 7.97. The summed E-state index contributed by atoms with van der Waals surface area (Å²) in [5.41, 5.74) is 0.729. The fourth-order valence-corrected chi connectivity index (χ4v) is 4.08. The zero-order valence-corrected chi connectivity index (χ0v) is 17.4. The number of amides is 1. The highest BCUT2D eigenvalue weighted by Crippen LogP contribution is 2.37. The van der Waals surface area contributed by atoms with E-state index in [4.69, 9.17) is 26.2 Å². The van der Waals surface area contributed by atoms with E-state index in [1.165, 1.54) is 0 Å². The van der Waals surface area contributed by atoms with Crippen molar-refractivity contribution in [3.05, 3.63) is 47.2 Å². The Morgan fingerprint density at radius 2 is 2.10 bits per heavy atom. The van der Waals surface area contributed by atoms with E-state index in [1.54, 1.807) is 17.1 Å². The van der Waals surface area contributed by atoms with Crippen LogP contribution in [0.2, 0.25) is 5.02 Å². The molecule has 0 aliphatic carbocycles. The minimum absolute atomic E-state index is 0.104.